The lowest BCUT2D eigenvalue weighted by Gasteiger charge is -2.08. The zero-order valence-electron chi connectivity index (χ0n) is 9.44. The van der Waals surface area contributed by atoms with E-state index in [2.05, 4.69) is 20.7 Å². The molecule has 0 aliphatic rings. The number of sulfonamides is 1. The van der Waals surface area contributed by atoms with E-state index in [-0.39, 0.29) is 22.5 Å². The van der Waals surface area contributed by atoms with Gasteiger partial charge in [0.2, 0.25) is 10.0 Å². The van der Waals surface area contributed by atoms with Gasteiger partial charge in [-0.2, -0.15) is 0 Å². The molecule has 9 heteroatoms. The van der Waals surface area contributed by atoms with Crippen LogP contribution >= 0.6 is 15.9 Å². The van der Waals surface area contributed by atoms with E-state index in [9.17, 15) is 17.0 Å². The number of benzene rings is 1. The smallest absolute Gasteiger partial charge is 0.243 e. The highest BCUT2D eigenvalue weighted by Crippen LogP contribution is 2.25. The first-order valence-electron chi connectivity index (χ1n) is 4.78. The second kappa shape index (κ2) is 6.09. The molecule has 5 nitrogen and oxygen atoms in total. The fourth-order valence-corrected chi connectivity index (χ4v) is 3.11. The summed E-state index contributed by atoms with van der Waals surface area (Å²) in [6.45, 7) is -0.0269. The Morgan fingerprint density at radius 2 is 2.11 bits per heavy atom. The Labute approximate surface area is 116 Å². The maximum atomic E-state index is 13.5. The van der Waals surface area contributed by atoms with E-state index >= 15 is 0 Å². The van der Waals surface area contributed by atoms with E-state index in [0.29, 0.717) is 0 Å². The molecule has 0 aliphatic heterocycles. The van der Waals surface area contributed by atoms with Crippen LogP contribution in [0.4, 0.5) is 10.1 Å². The maximum Gasteiger partial charge on any atom is 0.243 e. The standard InChI is InChI=1S/C9H12BrFN2O3S2/c1-17(14)3-2-13-18(15,16)9-5-8(12)6(10)4-7(9)11/h4-5,13H,2-3,12H2,1H3. The number of hydrogen-bond donors (Lipinski definition) is 2. The number of nitrogen functional groups attached to an aromatic ring is 1. The molecule has 0 saturated carbocycles. The quantitative estimate of drug-likeness (QED) is 0.762. The summed E-state index contributed by atoms with van der Waals surface area (Å²) < 4.78 is 50.4. The SMILES string of the molecule is CS(=O)CCNS(=O)(=O)c1cc(N)c(Br)cc1F. The van der Waals surface area contributed by atoms with Crippen molar-refractivity contribution < 1.29 is 17.0 Å². The first-order chi connectivity index (χ1) is 8.24. The molecule has 1 rings (SSSR count). The largest absolute Gasteiger partial charge is 0.398 e. The zero-order chi connectivity index (χ0) is 13.9. The Morgan fingerprint density at radius 3 is 2.67 bits per heavy atom. The Kier molecular flexibility index (Phi) is 5.26. The van der Waals surface area contributed by atoms with Gasteiger partial charge < -0.3 is 5.73 Å². The van der Waals surface area contributed by atoms with Gasteiger partial charge in [-0.15, -0.1) is 0 Å². The van der Waals surface area contributed by atoms with Crippen molar-refractivity contribution in [2.75, 3.05) is 24.3 Å². The van der Waals surface area contributed by atoms with Crippen LogP contribution in [0.3, 0.4) is 0 Å². The zero-order valence-corrected chi connectivity index (χ0v) is 12.7. The Hall–Kier alpha value is -0.510. The summed E-state index contributed by atoms with van der Waals surface area (Å²) in [4.78, 5) is -0.523. The number of rotatable bonds is 5. The van der Waals surface area contributed by atoms with Gasteiger partial charge in [-0.05, 0) is 28.1 Å². The number of anilines is 1. The van der Waals surface area contributed by atoms with E-state index in [1.54, 1.807) is 0 Å². The van der Waals surface area contributed by atoms with Gasteiger partial charge in [0.25, 0.3) is 0 Å². The lowest BCUT2D eigenvalue weighted by molar-refractivity contribution is 0.558. The molecule has 1 atom stereocenters. The molecule has 0 radical (unpaired) electrons. The highest BCUT2D eigenvalue weighted by molar-refractivity contribution is 9.10. The Balaban J connectivity index is 2.98. The minimum Gasteiger partial charge on any atom is -0.398 e. The average molecular weight is 359 g/mol. The molecule has 1 unspecified atom stereocenters. The van der Waals surface area contributed by atoms with Crippen LogP contribution in [0.15, 0.2) is 21.5 Å². The molecule has 1 aromatic rings. The van der Waals surface area contributed by atoms with Crippen molar-refractivity contribution in [3.8, 4) is 0 Å². The highest BCUT2D eigenvalue weighted by Gasteiger charge is 2.20. The highest BCUT2D eigenvalue weighted by atomic mass is 79.9. The summed E-state index contributed by atoms with van der Waals surface area (Å²) in [5.41, 5.74) is 5.63. The molecule has 0 amide bonds. The molecular formula is C9H12BrFN2O3S2. The van der Waals surface area contributed by atoms with Gasteiger partial charge in [0.1, 0.15) is 10.7 Å². The number of nitrogens with one attached hydrogen (secondary N) is 1. The lowest BCUT2D eigenvalue weighted by atomic mass is 10.3. The number of nitrogens with two attached hydrogens (primary N) is 1. The summed E-state index contributed by atoms with van der Waals surface area (Å²) in [6, 6.07) is 2.02. The molecule has 102 valence electrons. The van der Waals surface area contributed by atoms with E-state index < -0.39 is 31.5 Å². The minimum atomic E-state index is -3.99. The molecule has 0 aliphatic carbocycles. The van der Waals surface area contributed by atoms with Gasteiger partial charge in [0.15, 0.2) is 0 Å². The summed E-state index contributed by atoms with van der Waals surface area (Å²) in [5, 5.41) is 0. The van der Waals surface area contributed by atoms with Crippen molar-refractivity contribution in [1.82, 2.24) is 4.72 Å². The summed E-state index contributed by atoms with van der Waals surface area (Å²) in [6.07, 6.45) is 1.45. The molecule has 0 saturated heterocycles. The number of halogens is 2. The van der Waals surface area contributed by atoms with Crippen LogP contribution < -0.4 is 10.5 Å². The molecule has 0 spiro atoms. The summed E-state index contributed by atoms with van der Waals surface area (Å²) in [7, 11) is -5.11. The van der Waals surface area contributed by atoms with Crippen molar-refractivity contribution >= 4 is 42.4 Å². The maximum absolute atomic E-state index is 13.5. The Bertz CT molecular complexity index is 577. The second-order valence-electron chi connectivity index (χ2n) is 3.48. The van der Waals surface area contributed by atoms with Crippen LogP contribution in [0.5, 0.6) is 0 Å². The molecule has 0 fully saturated rings. The lowest BCUT2D eigenvalue weighted by Crippen LogP contribution is -2.28. The van der Waals surface area contributed by atoms with Crippen LogP contribution in [0.25, 0.3) is 0 Å². The van der Waals surface area contributed by atoms with Gasteiger partial charge >= 0.3 is 0 Å². The van der Waals surface area contributed by atoms with Gasteiger partial charge in [0, 0.05) is 39.5 Å². The van der Waals surface area contributed by atoms with E-state index in [4.69, 9.17) is 5.73 Å². The van der Waals surface area contributed by atoms with E-state index in [1.165, 1.54) is 6.26 Å². The molecule has 0 heterocycles. The normalized spacial score (nSPS) is 13.5. The van der Waals surface area contributed by atoms with Crippen molar-refractivity contribution in [2.45, 2.75) is 4.90 Å². The fourth-order valence-electron chi connectivity index (χ4n) is 1.15. The summed E-state index contributed by atoms with van der Waals surface area (Å²) in [5.74, 6) is -0.742. The molecule has 0 bridgehead atoms. The second-order valence-corrected chi connectivity index (χ2v) is 7.62. The van der Waals surface area contributed by atoms with Crippen molar-refractivity contribution in [2.24, 2.45) is 0 Å². The van der Waals surface area contributed by atoms with Gasteiger partial charge in [-0.25, -0.2) is 17.5 Å². The number of hydrogen-bond acceptors (Lipinski definition) is 4. The molecule has 3 N–H and O–H groups in total. The monoisotopic (exact) mass is 358 g/mol. The Morgan fingerprint density at radius 1 is 1.50 bits per heavy atom. The molecular weight excluding hydrogens is 347 g/mol. The molecule has 0 aromatic heterocycles. The minimum absolute atomic E-state index is 0.0269. The van der Waals surface area contributed by atoms with Crippen molar-refractivity contribution in [1.29, 1.82) is 0 Å². The predicted molar refractivity (Wildman–Crippen MR) is 72.6 cm³/mol. The predicted octanol–water partition coefficient (Wildman–Crippen LogP) is 0.827. The van der Waals surface area contributed by atoms with Crippen LogP contribution in [-0.4, -0.2) is 31.2 Å². The van der Waals surface area contributed by atoms with Gasteiger partial charge in [-0.1, -0.05) is 0 Å². The van der Waals surface area contributed by atoms with Crippen LogP contribution in [0.1, 0.15) is 0 Å². The van der Waals surface area contributed by atoms with Crippen molar-refractivity contribution in [3.63, 3.8) is 0 Å². The first kappa shape index (κ1) is 15.5. The van der Waals surface area contributed by atoms with Crippen LogP contribution in [-0.2, 0) is 20.8 Å². The molecule has 1 aromatic carbocycles. The third-order valence-corrected chi connectivity index (χ3v) is 4.96. The topological polar surface area (TPSA) is 89.3 Å². The average Bonchev–Trinajstić information content (AvgIpc) is 2.22. The van der Waals surface area contributed by atoms with Gasteiger partial charge in [-0.3, -0.25) is 4.21 Å². The third-order valence-electron chi connectivity index (χ3n) is 2.02. The first-order valence-corrected chi connectivity index (χ1v) is 8.78. The van der Waals surface area contributed by atoms with Crippen LogP contribution in [0.2, 0.25) is 0 Å². The summed E-state index contributed by atoms with van der Waals surface area (Å²) >= 11 is 3.00. The van der Waals surface area contributed by atoms with E-state index in [0.717, 1.165) is 12.1 Å². The fraction of sp³-hybridized carbons (Fsp3) is 0.333. The molecule has 18 heavy (non-hydrogen) atoms. The van der Waals surface area contributed by atoms with E-state index in [1.807, 2.05) is 0 Å². The van der Waals surface area contributed by atoms with Crippen LogP contribution in [0, 0.1) is 5.82 Å². The van der Waals surface area contributed by atoms with Gasteiger partial charge in [0.05, 0.1) is 0 Å². The third kappa shape index (κ3) is 4.01. The van der Waals surface area contributed by atoms with Crippen molar-refractivity contribution in [3.05, 3.63) is 22.4 Å².